The van der Waals surface area contributed by atoms with Crippen molar-refractivity contribution in [3.8, 4) is 0 Å². The van der Waals surface area contributed by atoms with E-state index in [2.05, 4.69) is 25.7 Å². The topological polar surface area (TPSA) is 77.8 Å². The summed E-state index contributed by atoms with van der Waals surface area (Å²) in [5, 5.41) is 0. The Balaban J connectivity index is 0. The number of hydrogen-bond donors (Lipinski definition) is 2. The first-order valence-electron chi connectivity index (χ1n) is 9.77. The summed E-state index contributed by atoms with van der Waals surface area (Å²) < 4.78 is 31.6. The molecule has 5 nitrogen and oxygen atoms in total. The van der Waals surface area contributed by atoms with E-state index in [4.69, 9.17) is 17.5 Å². The van der Waals surface area contributed by atoms with Crippen molar-refractivity contribution in [2.75, 3.05) is 19.6 Å². The molecule has 2 N–H and O–H groups in total. The first kappa shape index (κ1) is 26.1. The largest absolute Gasteiger partial charge is 0.394 e. The fourth-order valence-corrected chi connectivity index (χ4v) is 2.57. The molecule has 0 unspecified atom stereocenters. The molecule has 0 aromatic heterocycles. The molecule has 0 amide bonds. The molecular weight excluding hydrogens is 326 g/mol. The van der Waals surface area contributed by atoms with E-state index in [-0.39, 0.29) is 0 Å². The molecule has 0 bridgehead atoms. The predicted octanol–water partition coefficient (Wildman–Crippen LogP) is 5.38. The molecular formula is C18H41NO4S. The van der Waals surface area contributed by atoms with Gasteiger partial charge in [0.15, 0.2) is 0 Å². The average Bonchev–Trinajstić information content (AvgIpc) is 2.50. The zero-order valence-corrected chi connectivity index (χ0v) is 17.0. The lowest BCUT2D eigenvalue weighted by Gasteiger charge is -2.21. The number of hydrogen-bond acceptors (Lipinski definition) is 3. The fraction of sp³-hybridized carbons (Fsp3) is 1.00. The van der Waals surface area contributed by atoms with Crippen LogP contribution in [0.2, 0.25) is 0 Å². The Bertz CT molecular complexity index is 318. The highest BCUT2D eigenvalue weighted by molar-refractivity contribution is 7.79. The second kappa shape index (κ2) is 19.2. The summed E-state index contributed by atoms with van der Waals surface area (Å²) in [4.78, 5) is 2.70. The average molecular weight is 368 g/mol. The van der Waals surface area contributed by atoms with Crippen LogP contribution in [0.1, 0.15) is 97.8 Å². The van der Waals surface area contributed by atoms with E-state index >= 15 is 0 Å². The summed E-state index contributed by atoms with van der Waals surface area (Å²) in [7, 11) is -4.67. The van der Waals surface area contributed by atoms with E-state index in [1.165, 1.54) is 96.7 Å². The van der Waals surface area contributed by atoms with E-state index in [1.807, 2.05) is 0 Å². The molecule has 24 heavy (non-hydrogen) atoms. The standard InChI is InChI=1S/C18H39N.H2O4S/c1-4-7-10-11-12-13-14-15-18-19(16-8-5-2)17-9-6-3;1-5(2,3)4/h4-18H2,1-3H3;(H2,1,2,3,4). The van der Waals surface area contributed by atoms with Gasteiger partial charge in [0.05, 0.1) is 0 Å². The van der Waals surface area contributed by atoms with Crippen LogP contribution in [-0.4, -0.2) is 42.1 Å². The SMILES string of the molecule is CCCCCCCCCCN(CCCC)CCCC.O=S(=O)(O)O. The Morgan fingerprint density at radius 1 is 0.583 bits per heavy atom. The van der Waals surface area contributed by atoms with Gasteiger partial charge in [-0.25, -0.2) is 0 Å². The van der Waals surface area contributed by atoms with Gasteiger partial charge in [-0.15, -0.1) is 0 Å². The van der Waals surface area contributed by atoms with Gasteiger partial charge in [0.2, 0.25) is 0 Å². The van der Waals surface area contributed by atoms with Gasteiger partial charge in [-0.05, 0) is 38.9 Å². The van der Waals surface area contributed by atoms with Gasteiger partial charge < -0.3 is 4.90 Å². The predicted molar refractivity (Wildman–Crippen MR) is 103 cm³/mol. The third-order valence-corrected chi connectivity index (χ3v) is 3.98. The molecule has 0 heterocycles. The van der Waals surface area contributed by atoms with Crippen molar-refractivity contribution < 1.29 is 17.5 Å². The monoisotopic (exact) mass is 367 g/mol. The van der Waals surface area contributed by atoms with Crippen LogP contribution in [0.3, 0.4) is 0 Å². The second-order valence-electron chi connectivity index (χ2n) is 6.47. The van der Waals surface area contributed by atoms with Crippen LogP contribution >= 0.6 is 0 Å². The highest BCUT2D eigenvalue weighted by atomic mass is 32.3. The van der Waals surface area contributed by atoms with Crippen molar-refractivity contribution in [3.63, 3.8) is 0 Å². The molecule has 0 fully saturated rings. The number of unbranched alkanes of at least 4 members (excludes halogenated alkanes) is 9. The molecule has 0 aromatic carbocycles. The highest BCUT2D eigenvalue weighted by Crippen LogP contribution is 2.09. The molecule has 0 aromatic rings. The quantitative estimate of drug-likeness (QED) is 0.300. The summed E-state index contributed by atoms with van der Waals surface area (Å²) in [6.07, 6.45) is 16.9. The van der Waals surface area contributed by atoms with Gasteiger partial charge >= 0.3 is 10.4 Å². The van der Waals surface area contributed by atoms with E-state index in [0.717, 1.165) is 0 Å². The second-order valence-corrected chi connectivity index (χ2v) is 7.37. The minimum Gasteiger partial charge on any atom is -0.303 e. The van der Waals surface area contributed by atoms with Crippen LogP contribution in [-0.2, 0) is 10.4 Å². The van der Waals surface area contributed by atoms with Crippen LogP contribution in [0.4, 0.5) is 0 Å². The molecule has 0 atom stereocenters. The maximum absolute atomic E-state index is 8.74. The lowest BCUT2D eigenvalue weighted by molar-refractivity contribution is 0.259. The van der Waals surface area contributed by atoms with Crippen molar-refractivity contribution in [3.05, 3.63) is 0 Å². The minimum absolute atomic E-state index is 1.33. The Hall–Kier alpha value is -0.170. The summed E-state index contributed by atoms with van der Waals surface area (Å²) in [5.41, 5.74) is 0. The number of nitrogens with zero attached hydrogens (tertiary/aromatic N) is 1. The molecule has 0 saturated heterocycles. The molecule has 0 aliphatic rings. The smallest absolute Gasteiger partial charge is 0.303 e. The summed E-state index contributed by atoms with van der Waals surface area (Å²) in [6, 6.07) is 0. The maximum atomic E-state index is 8.74. The van der Waals surface area contributed by atoms with Gasteiger partial charge in [0, 0.05) is 0 Å². The molecule has 0 saturated carbocycles. The third-order valence-electron chi connectivity index (χ3n) is 3.98. The zero-order chi connectivity index (χ0) is 18.7. The van der Waals surface area contributed by atoms with Crippen LogP contribution in [0, 0.1) is 0 Å². The Kier molecular flexibility index (Phi) is 20.8. The van der Waals surface area contributed by atoms with Crippen LogP contribution in [0.15, 0.2) is 0 Å². The van der Waals surface area contributed by atoms with Crippen LogP contribution in [0.5, 0.6) is 0 Å². The van der Waals surface area contributed by atoms with Crippen molar-refractivity contribution in [1.82, 2.24) is 4.90 Å². The van der Waals surface area contributed by atoms with E-state index in [1.54, 1.807) is 0 Å². The van der Waals surface area contributed by atoms with Gasteiger partial charge in [-0.1, -0.05) is 78.6 Å². The molecule has 0 radical (unpaired) electrons. The molecule has 0 spiro atoms. The normalized spacial score (nSPS) is 11.4. The first-order valence-corrected chi connectivity index (χ1v) is 11.2. The fourth-order valence-electron chi connectivity index (χ4n) is 2.57. The van der Waals surface area contributed by atoms with Crippen molar-refractivity contribution in [2.24, 2.45) is 0 Å². The Labute approximate surface area is 150 Å². The highest BCUT2D eigenvalue weighted by Gasteiger charge is 2.03. The Morgan fingerprint density at radius 2 is 0.875 bits per heavy atom. The third kappa shape index (κ3) is 29.8. The molecule has 148 valence electrons. The summed E-state index contributed by atoms with van der Waals surface area (Å²) in [6.45, 7) is 10.9. The molecule has 6 heteroatoms. The Morgan fingerprint density at radius 3 is 1.25 bits per heavy atom. The number of rotatable bonds is 15. The summed E-state index contributed by atoms with van der Waals surface area (Å²) >= 11 is 0. The lowest BCUT2D eigenvalue weighted by Crippen LogP contribution is -2.27. The zero-order valence-electron chi connectivity index (χ0n) is 16.2. The van der Waals surface area contributed by atoms with Crippen molar-refractivity contribution >= 4 is 10.4 Å². The van der Waals surface area contributed by atoms with E-state index in [0.29, 0.717) is 0 Å². The van der Waals surface area contributed by atoms with Gasteiger partial charge in [0.25, 0.3) is 0 Å². The first-order chi connectivity index (χ1) is 11.3. The minimum atomic E-state index is -4.67. The van der Waals surface area contributed by atoms with Gasteiger partial charge in [-0.2, -0.15) is 8.42 Å². The van der Waals surface area contributed by atoms with Crippen molar-refractivity contribution in [1.29, 1.82) is 0 Å². The van der Waals surface area contributed by atoms with Crippen LogP contribution < -0.4 is 0 Å². The molecule has 0 rings (SSSR count). The van der Waals surface area contributed by atoms with E-state index < -0.39 is 10.4 Å². The molecule has 0 aliphatic carbocycles. The van der Waals surface area contributed by atoms with Crippen molar-refractivity contribution in [2.45, 2.75) is 97.8 Å². The van der Waals surface area contributed by atoms with Gasteiger partial charge in [-0.3, -0.25) is 9.11 Å². The summed E-state index contributed by atoms with van der Waals surface area (Å²) in [5.74, 6) is 0. The van der Waals surface area contributed by atoms with Gasteiger partial charge in [0.1, 0.15) is 0 Å². The molecule has 0 aliphatic heterocycles. The van der Waals surface area contributed by atoms with Crippen LogP contribution in [0.25, 0.3) is 0 Å². The van der Waals surface area contributed by atoms with E-state index in [9.17, 15) is 0 Å². The lowest BCUT2D eigenvalue weighted by atomic mass is 10.1. The maximum Gasteiger partial charge on any atom is 0.394 e.